The third-order valence-electron chi connectivity index (χ3n) is 1.71. The molecule has 0 heterocycles. The largest absolute Gasteiger partial charge is 0.285 e. The van der Waals surface area contributed by atoms with E-state index in [1.54, 1.807) is 30.3 Å². The Bertz CT molecular complexity index is 416. The van der Waals surface area contributed by atoms with Gasteiger partial charge in [0.05, 0.1) is 0 Å². The Labute approximate surface area is 104 Å². The van der Waals surface area contributed by atoms with Gasteiger partial charge >= 0.3 is 0 Å². The van der Waals surface area contributed by atoms with Crippen molar-refractivity contribution in [3.63, 3.8) is 0 Å². The minimum atomic E-state index is -4.24. The van der Waals surface area contributed by atoms with Gasteiger partial charge in [-0.1, -0.05) is 50.6 Å². The molecule has 0 bridgehead atoms. The number of hydrogen-bond acceptors (Lipinski definition) is 3. The minimum absolute atomic E-state index is 0.0464. The monoisotopic (exact) mass is 276 g/mol. The van der Waals surface area contributed by atoms with Crippen molar-refractivity contribution >= 4 is 18.6 Å². The van der Waals surface area contributed by atoms with Crippen LogP contribution in [0.4, 0.5) is 0 Å². The lowest BCUT2D eigenvalue weighted by atomic mass is 10.2. The molecule has 4 nitrogen and oxygen atoms in total. The first kappa shape index (κ1) is 16.2. The standard InChI is InChI=1S/C8H9O4PS.C3H8/c9-13-8(14(10,11)12)6-7-4-2-1-3-5-7;1-3-2/h1-5,8H,6H2,(H,10,11,12);3H2,1-2H3. The van der Waals surface area contributed by atoms with Gasteiger partial charge in [-0.25, -0.2) is 0 Å². The Morgan fingerprint density at radius 1 is 1.24 bits per heavy atom. The quantitative estimate of drug-likeness (QED) is 0.677. The summed E-state index contributed by atoms with van der Waals surface area (Å²) in [6.07, 6.45) is 1.30. The molecular weight excluding hydrogens is 259 g/mol. The van der Waals surface area contributed by atoms with Gasteiger partial charge in [-0.3, -0.25) is 9.12 Å². The summed E-state index contributed by atoms with van der Waals surface area (Å²) in [5, 5.41) is 0. The van der Waals surface area contributed by atoms with E-state index in [9.17, 15) is 13.0 Å². The van der Waals surface area contributed by atoms with Gasteiger partial charge in [0.25, 0.3) is 10.1 Å². The highest BCUT2D eigenvalue weighted by atomic mass is 32.2. The second kappa shape index (κ2) is 8.34. The highest BCUT2D eigenvalue weighted by molar-refractivity contribution is 7.91. The second-order valence-corrected chi connectivity index (χ2v) is 6.25. The van der Waals surface area contributed by atoms with Crippen molar-refractivity contribution in [2.24, 2.45) is 0 Å². The molecule has 0 fully saturated rings. The van der Waals surface area contributed by atoms with E-state index in [0.29, 0.717) is 0 Å². The zero-order chi connectivity index (χ0) is 13.3. The molecule has 1 atom stereocenters. The normalized spacial score (nSPS) is 12.6. The van der Waals surface area contributed by atoms with Gasteiger partial charge in [-0.2, -0.15) is 8.42 Å². The van der Waals surface area contributed by atoms with Crippen molar-refractivity contribution in [3.05, 3.63) is 35.9 Å². The molecule has 1 N–H and O–H groups in total. The second-order valence-electron chi connectivity index (χ2n) is 3.47. The maximum atomic E-state index is 10.7. The van der Waals surface area contributed by atoms with E-state index in [1.807, 2.05) is 0 Å². The zero-order valence-electron chi connectivity index (χ0n) is 9.91. The van der Waals surface area contributed by atoms with Crippen molar-refractivity contribution in [2.45, 2.75) is 31.7 Å². The maximum Gasteiger partial charge on any atom is 0.279 e. The third-order valence-corrected chi connectivity index (χ3v) is 4.04. The van der Waals surface area contributed by atoms with Crippen molar-refractivity contribution in [1.82, 2.24) is 0 Å². The van der Waals surface area contributed by atoms with Crippen molar-refractivity contribution in [1.29, 1.82) is 0 Å². The first-order chi connectivity index (χ1) is 7.95. The molecular formula is C11H17O4PS. The molecule has 1 unspecified atom stereocenters. The number of rotatable bonds is 4. The molecule has 0 amide bonds. The lowest BCUT2D eigenvalue weighted by Gasteiger charge is -2.04. The molecule has 0 radical (unpaired) electrons. The molecule has 1 rings (SSSR count). The van der Waals surface area contributed by atoms with E-state index in [1.165, 1.54) is 6.42 Å². The van der Waals surface area contributed by atoms with E-state index < -0.39 is 23.6 Å². The predicted octanol–water partition coefficient (Wildman–Crippen LogP) is 3.15. The molecule has 0 spiro atoms. The van der Waals surface area contributed by atoms with Gasteiger partial charge in [-0.05, 0) is 5.56 Å². The minimum Gasteiger partial charge on any atom is -0.285 e. The predicted molar refractivity (Wildman–Crippen MR) is 69.1 cm³/mol. The average Bonchev–Trinajstić information content (AvgIpc) is 2.27. The van der Waals surface area contributed by atoms with Gasteiger partial charge in [0.1, 0.15) is 0 Å². The first-order valence-electron chi connectivity index (χ1n) is 5.28. The number of benzene rings is 1. The molecule has 96 valence electrons. The van der Waals surface area contributed by atoms with E-state index >= 15 is 0 Å². The summed E-state index contributed by atoms with van der Waals surface area (Å²) in [5.74, 6) is 0. The maximum absolute atomic E-state index is 10.7. The molecule has 17 heavy (non-hydrogen) atoms. The molecule has 0 aliphatic rings. The lowest BCUT2D eigenvalue weighted by Crippen LogP contribution is -2.16. The fourth-order valence-electron chi connectivity index (χ4n) is 1.01. The summed E-state index contributed by atoms with van der Waals surface area (Å²) in [6.45, 7) is 4.25. The van der Waals surface area contributed by atoms with E-state index in [0.717, 1.165) is 5.56 Å². The Morgan fingerprint density at radius 3 is 2.06 bits per heavy atom. The molecule has 0 saturated heterocycles. The van der Waals surface area contributed by atoms with E-state index in [2.05, 4.69) is 13.8 Å². The SMILES string of the molecule is CCC.O=PC(Cc1ccccc1)S(=O)(=O)O. The van der Waals surface area contributed by atoms with Crippen molar-refractivity contribution in [2.75, 3.05) is 0 Å². The average molecular weight is 276 g/mol. The van der Waals surface area contributed by atoms with Crippen LogP contribution in [0.1, 0.15) is 25.8 Å². The van der Waals surface area contributed by atoms with Gasteiger partial charge in [-0.15, -0.1) is 0 Å². The van der Waals surface area contributed by atoms with Crippen LogP contribution in [0.3, 0.4) is 0 Å². The topological polar surface area (TPSA) is 71.4 Å². The highest BCUT2D eigenvalue weighted by Crippen LogP contribution is 2.18. The molecule has 0 aliphatic heterocycles. The summed E-state index contributed by atoms with van der Waals surface area (Å²) < 4.78 is 40.6. The van der Waals surface area contributed by atoms with Crippen molar-refractivity contribution in [3.8, 4) is 0 Å². The molecule has 0 saturated carbocycles. The first-order valence-corrected chi connectivity index (χ1v) is 7.66. The van der Waals surface area contributed by atoms with Crippen LogP contribution in [-0.4, -0.2) is 18.0 Å². The van der Waals surface area contributed by atoms with Crippen LogP contribution in [0.25, 0.3) is 0 Å². The van der Waals surface area contributed by atoms with Crippen LogP contribution in [0.2, 0.25) is 0 Å². The van der Waals surface area contributed by atoms with Crippen LogP contribution < -0.4 is 0 Å². The summed E-state index contributed by atoms with van der Waals surface area (Å²) >= 11 is 0. The van der Waals surface area contributed by atoms with Crippen LogP contribution in [0.15, 0.2) is 30.3 Å². The molecule has 0 aliphatic carbocycles. The van der Waals surface area contributed by atoms with Crippen molar-refractivity contribution < 1.29 is 17.5 Å². The van der Waals surface area contributed by atoms with E-state index in [4.69, 9.17) is 4.55 Å². The Morgan fingerprint density at radius 2 is 1.71 bits per heavy atom. The van der Waals surface area contributed by atoms with Gasteiger partial charge in [0, 0.05) is 6.42 Å². The summed E-state index contributed by atoms with van der Waals surface area (Å²) in [7, 11) is -4.83. The highest BCUT2D eigenvalue weighted by Gasteiger charge is 2.23. The lowest BCUT2D eigenvalue weighted by molar-refractivity contribution is 0.477. The molecule has 6 heteroatoms. The van der Waals surface area contributed by atoms with Crippen LogP contribution >= 0.6 is 8.46 Å². The smallest absolute Gasteiger partial charge is 0.279 e. The van der Waals surface area contributed by atoms with Gasteiger partial charge < -0.3 is 0 Å². The fourth-order valence-corrected chi connectivity index (χ4v) is 2.14. The summed E-state index contributed by atoms with van der Waals surface area (Å²) in [6, 6.07) is 8.71. The van der Waals surface area contributed by atoms with E-state index in [-0.39, 0.29) is 6.42 Å². The molecule has 1 aromatic rings. The Kier molecular flexibility index (Phi) is 7.96. The van der Waals surface area contributed by atoms with Gasteiger partial charge in [0.2, 0.25) is 0 Å². The van der Waals surface area contributed by atoms with Gasteiger partial charge in [0.15, 0.2) is 13.5 Å². The summed E-state index contributed by atoms with van der Waals surface area (Å²) in [4.78, 5) is -1.27. The van der Waals surface area contributed by atoms with Crippen LogP contribution in [0.5, 0.6) is 0 Å². The number of hydrogen-bond donors (Lipinski definition) is 1. The molecule has 0 aromatic heterocycles. The Balaban J connectivity index is 0.000000770. The summed E-state index contributed by atoms with van der Waals surface area (Å²) in [5.41, 5.74) is 0.721. The third kappa shape index (κ3) is 7.21. The fraction of sp³-hybridized carbons (Fsp3) is 0.455. The van der Waals surface area contributed by atoms with Crippen LogP contribution in [0, 0.1) is 0 Å². The Hall–Kier alpha value is -0.770. The van der Waals surface area contributed by atoms with Crippen LogP contribution in [-0.2, 0) is 21.1 Å². The molecule has 1 aromatic carbocycles. The zero-order valence-corrected chi connectivity index (χ0v) is 11.6.